The number of benzene rings is 2. The van der Waals surface area contributed by atoms with Gasteiger partial charge in [-0.15, -0.1) is 0 Å². The van der Waals surface area contributed by atoms with Crippen molar-refractivity contribution in [3.8, 4) is 5.69 Å². The van der Waals surface area contributed by atoms with Crippen molar-refractivity contribution in [2.24, 2.45) is 5.92 Å². The van der Waals surface area contributed by atoms with Gasteiger partial charge >= 0.3 is 0 Å². The quantitative estimate of drug-likeness (QED) is 0.304. The summed E-state index contributed by atoms with van der Waals surface area (Å²) in [5.74, 6) is -0.963. The van der Waals surface area contributed by atoms with Crippen molar-refractivity contribution in [1.29, 1.82) is 0 Å². The third-order valence-electron chi connectivity index (χ3n) is 7.19. The van der Waals surface area contributed by atoms with Crippen molar-refractivity contribution >= 4 is 23.5 Å². The molecule has 43 heavy (non-hydrogen) atoms. The second kappa shape index (κ2) is 16.7. The average Bonchev–Trinajstić information content (AvgIpc) is 3.44. The topological polar surface area (TPSA) is 101 Å². The van der Waals surface area contributed by atoms with Gasteiger partial charge in [0.2, 0.25) is 6.41 Å². The van der Waals surface area contributed by atoms with Crippen LogP contribution in [0.25, 0.3) is 5.69 Å². The molecule has 3 aromatic rings. The normalized spacial score (nSPS) is 17.7. The zero-order valence-corrected chi connectivity index (χ0v) is 25.8. The van der Waals surface area contributed by atoms with E-state index < -0.39 is 22.9 Å². The van der Waals surface area contributed by atoms with Gasteiger partial charge in [0.15, 0.2) is 11.6 Å². The van der Waals surface area contributed by atoms with Gasteiger partial charge < -0.3 is 25.6 Å². The predicted octanol–water partition coefficient (Wildman–Crippen LogP) is 5.26. The van der Waals surface area contributed by atoms with E-state index in [0.29, 0.717) is 17.7 Å². The maximum atomic E-state index is 13.4. The minimum Gasteiger partial charge on any atom is -0.380 e. The third kappa shape index (κ3) is 8.84. The first-order valence-corrected chi connectivity index (χ1v) is 14.9. The van der Waals surface area contributed by atoms with E-state index in [4.69, 9.17) is 4.74 Å². The minimum absolute atomic E-state index is 0.347. The summed E-state index contributed by atoms with van der Waals surface area (Å²) in [4.78, 5) is 25.0. The molecule has 2 aliphatic rings. The molecular formula is C32H44F2N6O3. The van der Waals surface area contributed by atoms with Crippen LogP contribution in [0.2, 0.25) is 0 Å². The Bertz CT molecular complexity index is 1370. The van der Waals surface area contributed by atoms with Gasteiger partial charge in [0, 0.05) is 49.6 Å². The van der Waals surface area contributed by atoms with Crippen molar-refractivity contribution < 1.29 is 18.3 Å². The number of aryl methyl sites for hydroxylation is 1. The molecule has 0 radical (unpaired) electrons. The van der Waals surface area contributed by atoms with Gasteiger partial charge in [-0.3, -0.25) is 9.59 Å². The number of nitrogens with zero attached hydrogens (tertiary/aromatic N) is 3. The molecule has 0 saturated carbocycles. The Morgan fingerprint density at radius 3 is 2.37 bits per heavy atom. The monoisotopic (exact) mass is 598 g/mol. The number of amides is 1. The SMILES string of the molecule is CC.CNCc1c(NC2CCCOC2)ccc(NC=O)c1N1CCC(C)C1.Cc1ccc(=O)n(-c2c(F)cccc2F)n1. The van der Waals surface area contributed by atoms with Crippen LogP contribution in [-0.4, -0.2) is 55.6 Å². The number of aromatic nitrogens is 2. The summed E-state index contributed by atoms with van der Waals surface area (Å²) in [6, 6.07) is 10.5. The highest BCUT2D eigenvalue weighted by molar-refractivity contribution is 5.87. The Kier molecular flexibility index (Phi) is 13.1. The number of anilines is 3. The highest BCUT2D eigenvalue weighted by Gasteiger charge is 2.26. The smallest absolute Gasteiger partial charge is 0.271 e. The molecular weight excluding hydrogens is 554 g/mol. The number of carbonyl (C=O) groups is 1. The molecule has 3 N–H and O–H groups in total. The zero-order chi connectivity index (χ0) is 31.4. The Labute approximate surface area is 252 Å². The molecule has 2 unspecified atom stereocenters. The number of nitrogens with one attached hydrogen (secondary N) is 3. The Morgan fingerprint density at radius 1 is 1.05 bits per heavy atom. The average molecular weight is 599 g/mol. The Morgan fingerprint density at radius 2 is 1.77 bits per heavy atom. The standard InChI is InChI=1S/C19H30N4O2.C11H8F2N2O.C2H6/c1-14-7-8-23(11-14)19-16(10-20-2)17(5-6-18(19)21-13-24)22-15-4-3-9-25-12-15;1-7-5-6-10(16)15(14-7)11-8(12)3-2-4-9(11)13;1-2/h5-6,13-15,20,22H,3-4,7-12H2,1-2H3,(H,21,24);2-6H,1H3;1-2H3. The number of carbonyl (C=O) groups excluding carboxylic acids is 1. The van der Waals surface area contributed by atoms with Crippen LogP contribution < -0.4 is 26.4 Å². The Balaban J connectivity index is 0.000000242. The first kappa shape index (κ1) is 33.7. The predicted molar refractivity (Wildman–Crippen MR) is 168 cm³/mol. The summed E-state index contributed by atoms with van der Waals surface area (Å²) in [7, 11) is 1.96. The number of halogens is 2. The van der Waals surface area contributed by atoms with Gasteiger partial charge in [-0.1, -0.05) is 26.8 Å². The third-order valence-corrected chi connectivity index (χ3v) is 7.19. The van der Waals surface area contributed by atoms with Gasteiger partial charge in [-0.05, 0) is 69.5 Å². The maximum absolute atomic E-state index is 13.4. The first-order valence-electron chi connectivity index (χ1n) is 14.9. The molecule has 0 spiro atoms. The van der Waals surface area contributed by atoms with Gasteiger partial charge in [0.05, 0.1) is 23.7 Å². The summed E-state index contributed by atoms with van der Waals surface area (Å²) in [5.41, 5.74) is 3.87. The molecule has 1 aromatic heterocycles. The van der Waals surface area contributed by atoms with Crippen LogP contribution in [0.1, 0.15) is 51.3 Å². The van der Waals surface area contributed by atoms with E-state index in [1.807, 2.05) is 27.0 Å². The second-order valence-corrected chi connectivity index (χ2v) is 10.5. The molecule has 2 aliphatic heterocycles. The van der Waals surface area contributed by atoms with E-state index in [9.17, 15) is 18.4 Å². The number of ether oxygens (including phenoxy) is 1. The van der Waals surface area contributed by atoms with Gasteiger partial charge in [0.1, 0.15) is 5.69 Å². The van der Waals surface area contributed by atoms with E-state index in [-0.39, 0.29) is 0 Å². The fourth-order valence-corrected chi connectivity index (χ4v) is 5.24. The van der Waals surface area contributed by atoms with Gasteiger partial charge in [0.25, 0.3) is 5.56 Å². The van der Waals surface area contributed by atoms with Crippen LogP contribution in [-0.2, 0) is 16.1 Å². The van der Waals surface area contributed by atoms with Crippen LogP contribution >= 0.6 is 0 Å². The van der Waals surface area contributed by atoms with Crippen LogP contribution in [0.3, 0.4) is 0 Å². The van der Waals surface area contributed by atoms with E-state index >= 15 is 0 Å². The van der Waals surface area contributed by atoms with E-state index in [2.05, 4.69) is 38.9 Å². The molecule has 2 fully saturated rings. The van der Waals surface area contributed by atoms with Crippen molar-refractivity contribution in [1.82, 2.24) is 15.1 Å². The summed E-state index contributed by atoms with van der Waals surface area (Å²) >= 11 is 0. The van der Waals surface area contributed by atoms with Crippen molar-refractivity contribution in [2.45, 2.75) is 59.5 Å². The number of rotatable bonds is 8. The minimum atomic E-state index is -0.819. The lowest BCUT2D eigenvalue weighted by Gasteiger charge is -2.30. The number of hydrogen-bond donors (Lipinski definition) is 3. The van der Waals surface area contributed by atoms with Gasteiger partial charge in [-0.2, -0.15) is 9.78 Å². The van der Waals surface area contributed by atoms with E-state index in [0.717, 1.165) is 86.0 Å². The summed E-state index contributed by atoms with van der Waals surface area (Å²) in [6.07, 6.45) is 4.18. The van der Waals surface area contributed by atoms with Crippen molar-refractivity contribution in [3.05, 3.63) is 75.7 Å². The highest BCUT2D eigenvalue weighted by Crippen LogP contribution is 2.38. The molecule has 1 amide bonds. The molecule has 5 rings (SSSR count). The van der Waals surface area contributed by atoms with Crippen molar-refractivity contribution in [2.75, 3.05) is 48.9 Å². The molecule has 11 heteroatoms. The molecule has 2 atom stereocenters. The maximum Gasteiger partial charge on any atom is 0.271 e. The van der Waals surface area contributed by atoms with Crippen LogP contribution in [0.4, 0.5) is 25.8 Å². The molecule has 2 aromatic carbocycles. The molecule has 0 bridgehead atoms. The summed E-state index contributed by atoms with van der Waals surface area (Å²) in [6.45, 7) is 12.3. The van der Waals surface area contributed by atoms with Gasteiger partial charge in [-0.25, -0.2) is 8.78 Å². The van der Waals surface area contributed by atoms with E-state index in [1.54, 1.807) is 6.92 Å². The van der Waals surface area contributed by atoms with Crippen LogP contribution in [0.5, 0.6) is 0 Å². The zero-order valence-electron chi connectivity index (χ0n) is 25.8. The molecule has 234 valence electrons. The first-order chi connectivity index (χ1) is 20.8. The number of hydrogen-bond acceptors (Lipinski definition) is 7. The van der Waals surface area contributed by atoms with Crippen LogP contribution in [0, 0.1) is 24.5 Å². The fraction of sp³-hybridized carbons (Fsp3) is 0.469. The summed E-state index contributed by atoms with van der Waals surface area (Å²) in [5, 5.41) is 13.6. The lowest BCUT2D eigenvalue weighted by atomic mass is 10.0. The van der Waals surface area contributed by atoms with Crippen LogP contribution in [0.15, 0.2) is 47.3 Å². The fourth-order valence-electron chi connectivity index (χ4n) is 5.24. The van der Waals surface area contributed by atoms with E-state index in [1.165, 1.54) is 30.2 Å². The summed E-state index contributed by atoms with van der Waals surface area (Å²) < 4.78 is 33.2. The lowest BCUT2D eigenvalue weighted by Crippen LogP contribution is -2.31. The number of para-hydroxylation sites is 1. The lowest BCUT2D eigenvalue weighted by molar-refractivity contribution is -0.105. The second-order valence-electron chi connectivity index (χ2n) is 10.5. The Hall–Kier alpha value is -3.83. The largest absolute Gasteiger partial charge is 0.380 e. The molecule has 0 aliphatic carbocycles. The molecule has 2 saturated heterocycles. The van der Waals surface area contributed by atoms with Crippen molar-refractivity contribution in [3.63, 3.8) is 0 Å². The highest BCUT2D eigenvalue weighted by atomic mass is 19.1. The molecule has 9 nitrogen and oxygen atoms in total. The molecule has 3 heterocycles.